The van der Waals surface area contributed by atoms with Crippen molar-refractivity contribution in [3.63, 3.8) is 0 Å². The first-order valence-electron chi connectivity index (χ1n) is 5.40. The number of anilines is 1. The van der Waals surface area contributed by atoms with E-state index in [-0.39, 0.29) is 11.7 Å². The van der Waals surface area contributed by atoms with Gasteiger partial charge in [0.15, 0.2) is 0 Å². The fourth-order valence-corrected chi connectivity index (χ4v) is 1.90. The van der Waals surface area contributed by atoms with Crippen molar-refractivity contribution in [3.05, 3.63) is 63.0 Å². The van der Waals surface area contributed by atoms with Gasteiger partial charge in [-0.25, -0.2) is 4.39 Å². The van der Waals surface area contributed by atoms with Crippen LogP contribution in [0.3, 0.4) is 0 Å². The van der Waals surface area contributed by atoms with Gasteiger partial charge in [0.05, 0.1) is 0 Å². The molecule has 0 atom stereocenters. The van der Waals surface area contributed by atoms with Gasteiger partial charge in [-0.05, 0) is 65.9 Å². The van der Waals surface area contributed by atoms with Crippen molar-refractivity contribution in [1.82, 2.24) is 0 Å². The Bertz CT molecular complexity index is 581. The summed E-state index contributed by atoms with van der Waals surface area (Å²) in [7, 11) is 0. The fourth-order valence-electron chi connectivity index (χ4n) is 1.54. The van der Waals surface area contributed by atoms with Gasteiger partial charge < -0.3 is 5.32 Å². The molecule has 0 spiro atoms. The number of hydrogen-bond acceptors (Lipinski definition) is 1. The maximum absolute atomic E-state index is 13.3. The Morgan fingerprint density at radius 1 is 1.17 bits per heavy atom. The highest BCUT2D eigenvalue weighted by molar-refractivity contribution is 14.1. The first-order valence-corrected chi connectivity index (χ1v) is 6.48. The van der Waals surface area contributed by atoms with Gasteiger partial charge in [-0.1, -0.05) is 6.07 Å². The van der Waals surface area contributed by atoms with E-state index in [9.17, 15) is 9.18 Å². The van der Waals surface area contributed by atoms with E-state index in [1.54, 1.807) is 31.2 Å². The summed E-state index contributed by atoms with van der Waals surface area (Å²) < 4.78 is 14.4. The number of carbonyl (C=O) groups is 1. The third kappa shape index (κ3) is 2.87. The highest BCUT2D eigenvalue weighted by Gasteiger charge is 2.09. The van der Waals surface area contributed by atoms with Gasteiger partial charge in [-0.15, -0.1) is 0 Å². The quantitative estimate of drug-likeness (QED) is 0.811. The average Bonchev–Trinajstić information content (AvgIpc) is 2.36. The second-order valence-corrected chi connectivity index (χ2v) is 5.12. The molecule has 2 aromatic rings. The van der Waals surface area contributed by atoms with Crippen molar-refractivity contribution in [2.24, 2.45) is 0 Å². The molecule has 0 radical (unpaired) electrons. The summed E-state index contributed by atoms with van der Waals surface area (Å²) in [4.78, 5) is 12.0. The minimum atomic E-state index is -0.324. The molecule has 4 heteroatoms. The molecule has 1 N–H and O–H groups in total. The monoisotopic (exact) mass is 355 g/mol. The van der Waals surface area contributed by atoms with E-state index in [4.69, 9.17) is 0 Å². The molecule has 2 aromatic carbocycles. The van der Waals surface area contributed by atoms with Crippen LogP contribution >= 0.6 is 22.6 Å². The van der Waals surface area contributed by atoms with Crippen LogP contribution in [-0.4, -0.2) is 5.91 Å². The van der Waals surface area contributed by atoms with E-state index in [1.165, 1.54) is 6.07 Å². The molecule has 0 fully saturated rings. The van der Waals surface area contributed by atoms with Crippen molar-refractivity contribution >= 4 is 34.2 Å². The van der Waals surface area contributed by atoms with Crippen LogP contribution in [0.4, 0.5) is 10.1 Å². The van der Waals surface area contributed by atoms with E-state index in [0.717, 1.165) is 3.57 Å². The van der Waals surface area contributed by atoms with Crippen LogP contribution in [0.5, 0.6) is 0 Å². The predicted octanol–water partition coefficient (Wildman–Crippen LogP) is 3.99. The Hall–Kier alpha value is -1.43. The van der Waals surface area contributed by atoms with Crippen LogP contribution in [0.2, 0.25) is 0 Å². The number of carbonyl (C=O) groups excluding carboxylic acids is 1. The van der Waals surface area contributed by atoms with Crippen LogP contribution < -0.4 is 5.32 Å². The number of rotatable bonds is 2. The summed E-state index contributed by atoms with van der Waals surface area (Å²) in [5, 5.41) is 2.71. The molecule has 2 rings (SSSR count). The van der Waals surface area contributed by atoms with Gasteiger partial charge in [0, 0.05) is 20.4 Å². The van der Waals surface area contributed by atoms with E-state index in [1.807, 2.05) is 12.1 Å². The molecule has 92 valence electrons. The van der Waals surface area contributed by atoms with Gasteiger partial charge in [0.1, 0.15) is 5.82 Å². The van der Waals surface area contributed by atoms with Crippen molar-refractivity contribution in [1.29, 1.82) is 0 Å². The van der Waals surface area contributed by atoms with Gasteiger partial charge in [0.2, 0.25) is 0 Å². The number of nitrogens with one attached hydrogen (secondary N) is 1. The molecule has 0 aromatic heterocycles. The van der Waals surface area contributed by atoms with Gasteiger partial charge in [-0.3, -0.25) is 4.79 Å². The lowest BCUT2D eigenvalue weighted by atomic mass is 10.1. The van der Waals surface area contributed by atoms with Gasteiger partial charge >= 0.3 is 0 Å². The molecule has 0 aliphatic heterocycles. The van der Waals surface area contributed by atoms with Crippen LogP contribution in [0.1, 0.15) is 15.9 Å². The summed E-state index contributed by atoms with van der Waals surface area (Å²) in [5.74, 6) is -0.560. The number of amides is 1. The average molecular weight is 355 g/mol. The molecule has 0 heterocycles. The Balaban J connectivity index is 2.21. The van der Waals surface area contributed by atoms with Crippen LogP contribution in [0.25, 0.3) is 0 Å². The zero-order chi connectivity index (χ0) is 13.1. The molecular formula is C14H11FINO. The highest BCUT2D eigenvalue weighted by Crippen LogP contribution is 2.18. The Kier molecular flexibility index (Phi) is 3.96. The zero-order valence-electron chi connectivity index (χ0n) is 9.71. The maximum Gasteiger partial charge on any atom is 0.255 e. The maximum atomic E-state index is 13.3. The lowest BCUT2D eigenvalue weighted by Gasteiger charge is -2.08. The van der Waals surface area contributed by atoms with E-state index >= 15 is 0 Å². The first-order chi connectivity index (χ1) is 8.58. The summed E-state index contributed by atoms with van der Waals surface area (Å²) in [6.45, 7) is 1.64. The first kappa shape index (κ1) is 13.0. The topological polar surface area (TPSA) is 29.1 Å². The summed E-state index contributed by atoms with van der Waals surface area (Å²) in [6, 6.07) is 11.8. The number of benzene rings is 2. The third-order valence-corrected chi connectivity index (χ3v) is 3.34. The molecule has 0 aliphatic rings. The van der Waals surface area contributed by atoms with Crippen molar-refractivity contribution < 1.29 is 9.18 Å². The second-order valence-electron chi connectivity index (χ2n) is 3.87. The SMILES string of the molecule is Cc1c(F)cccc1NC(=O)c1ccc(I)cc1. The molecule has 0 saturated carbocycles. The lowest BCUT2D eigenvalue weighted by molar-refractivity contribution is 0.102. The highest BCUT2D eigenvalue weighted by atomic mass is 127. The molecule has 1 amide bonds. The third-order valence-electron chi connectivity index (χ3n) is 2.62. The fraction of sp³-hybridized carbons (Fsp3) is 0.0714. The number of hydrogen-bond donors (Lipinski definition) is 1. The Labute approximate surface area is 118 Å². The second kappa shape index (κ2) is 5.48. The van der Waals surface area contributed by atoms with Crippen LogP contribution in [-0.2, 0) is 0 Å². The smallest absolute Gasteiger partial charge is 0.255 e. The van der Waals surface area contributed by atoms with Gasteiger partial charge in [-0.2, -0.15) is 0 Å². The summed E-state index contributed by atoms with van der Waals surface area (Å²) in [5.41, 5.74) is 1.49. The van der Waals surface area contributed by atoms with Gasteiger partial charge in [0.25, 0.3) is 5.91 Å². The molecule has 0 bridgehead atoms. The van der Waals surface area contributed by atoms with E-state index in [0.29, 0.717) is 16.8 Å². The minimum Gasteiger partial charge on any atom is -0.322 e. The Morgan fingerprint density at radius 3 is 2.50 bits per heavy atom. The normalized spacial score (nSPS) is 10.2. The standard InChI is InChI=1S/C14H11FINO/c1-9-12(15)3-2-4-13(9)17-14(18)10-5-7-11(16)8-6-10/h2-8H,1H3,(H,17,18). The largest absolute Gasteiger partial charge is 0.322 e. The van der Waals surface area contributed by atoms with E-state index < -0.39 is 0 Å². The summed E-state index contributed by atoms with van der Waals surface area (Å²) >= 11 is 2.17. The minimum absolute atomic E-state index is 0.236. The molecule has 2 nitrogen and oxygen atoms in total. The lowest BCUT2D eigenvalue weighted by Crippen LogP contribution is -2.13. The predicted molar refractivity (Wildman–Crippen MR) is 78.2 cm³/mol. The van der Waals surface area contributed by atoms with Crippen molar-refractivity contribution in [2.45, 2.75) is 6.92 Å². The van der Waals surface area contributed by atoms with Crippen molar-refractivity contribution in [2.75, 3.05) is 5.32 Å². The number of halogens is 2. The summed E-state index contributed by atoms with van der Waals surface area (Å²) in [6.07, 6.45) is 0. The van der Waals surface area contributed by atoms with Crippen molar-refractivity contribution in [3.8, 4) is 0 Å². The zero-order valence-corrected chi connectivity index (χ0v) is 11.9. The van der Waals surface area contributed by atoms with Crippen LogP contribution in [0, 0.1) is 16.3 Å². The van der Waals surface area contributed by atoms with E-state index in [2.05, 4.69) is 27.9 Å². The molecule has 18 heavy (non-hydrogen) atoms. The Morgan fingerprint density at radius 2 is 1.83 bits per heavy atom. The van der Waals surface area contributed by atoms with Crippen LogP contribution in [0.15, 0.2) is 42.5 Å². The molecular weight excluding hydrogens is 344 g/mol. The molecule has 0 saturated heterocycles. The molecule has 0 aliphatic carbocycles. The molecule has 0 unspecified atom stereocenters.